The molecule has 0 bridgehead atoms. The van der Waals surface area contributed by atoms with Crippen LogP contribution in [0.3, 0.4) is 0 Å². The van der Waals surface area contributed by atoms with Gasteiger partial charge in [0.15, 0.2) is 0 Å². The molecule has 172 valence electrons. The Morgan fingerprint density at radius 2 is 1.45 bits per heavy atom. The van der Waals surface area contributed by atoms with E-state index in [0.29, 0.717) is 9.87 Å². The number of hydrogen-bond donors (Lipinski definition) is 0. The minimum atomic E-state index is -5.23. The molecule has 0 saturated carbocycles. The molecular formula is C24H20F3NO4S. The first kappa shape index (κ1) is 23.0. The first-order valence-corrected chi connectivity index (χ1v) is 11.5. The molecule has 0 spiro atoms. The predicted octanol–water partition coefficient (Wildman–Crippen LogP) is 4.61. The summed E-state index contributed by atoms with van der Waals surface area (Å²) in [7, 11) is -3.82. The van der Waals surface area contributed by atoms with Crippen molar-refractivity contribution in [2.24, 2.45) is 0 Å². The Hall–Kier alpha value is -3.17. The molecule has 1 amide bonds. The van der Waals surface area contributed by atoms with E-state index in [1.165, 1.54) is 36.4 Å². The first-order valence-electron chi connectivity index (χ1n) is 10.0. The molecule has 5 nitrogen and oxygen atoms in total. The van der Waals surface area contributed by atoms with E-state index >= 15 is 0 Å². The normalized spacial score (nSPS) is 19.0. The maximum atomic E-state index is 14.5. The van der Waals surface area contributed by atoms with E-state index in [-0.39, 0.29) is 16.9 Å². The highest BCUT2D eigenvalue weighted by Gasteiger charge is 2.66. The zero-order valence-electron chi connectivity index (χ0n) is 17.5. The Balaban J connectivity index is 1.93. The quantitative estimate of drug-likeness (QED) is 0.541. The van der Waals surface area contributed by atoms with Crippen LogP contribution >= 0.6 is 0 Å². The Morgan fingerprint density at radius 1 is 0.909 bits per heavy atom. The van der Waals surface area contributed by atoms with Gasteiger partial charge in [-0.1, -0.05) is 78.9 Å². The van der Waals surface area contributed by atoms with Gasteiger partial charge in [0, 0.05) is 12.7 Å². The van der Waals surface area contributed by atoms with Crippen molar-refractivity contribution in [2.75, 3.05) is 7.11 Å². The third-order valence-electron chi connectivity index (χ3n) is 5.76. The van der Waals surface area contributed by atoms with Crippen molar-refractivity contribution in [3.63, 3.8) is 0 Å². The lowest BCUT2D eigenvalue weighted by Crippen LogP contribution is -2.57. The summed E-state index contributed by atoms with van der Waals surface area (Å²) >= 11 is 0. The van der Waals surface area contributed by atoms with E-state index in [1.54, 1.807) is 36.4 Å². The van der Waals surface area contributed by atoms with Gasteiger partial charge in [0.25, 0.3) is 21.5 Å². The van der Waals surface area contributed by atoms with Crippen molar-refractivity contribution in [3.8, 4) is 0 Å². The van der Waals surface area contributed by atoms with Gasteiger partial charge in [0.05, 0.1) is 10.9 Å². The summed E-state index contributed by atoms with van der Waals surface area (Å²) in [6, 6.07) is 19.7. The molecule has 4 rings (SSSR count). The number of fused-ring (bicyclic) bond motifs is 1. The number of ether oxygens (including phenoxy) is 1. The Kier molecular flexibility index (Phi) is 5.79. The second-order valence-electron chi connectivity index (χ2n) is 7.60. The Morgan fingerprint density at radius 3 is 2.03 bits per heavy atom. The second kappa shape index (κ2) is 8.31. The lowest BCUT2D eigenvalue weighted by atomic mass is 9.90. The lowest BCUT2D eigenvalue weighted by Gasteiger charge is -2.37. The number of carbonyl (C=O) groups is 1. The van der Waals surface area contributed by atoms with E-state index in [4.69, 9.17) is 4.74 Å². The lowest BCUT2D eigenvalue weighted by molar-refractivity contribution is -0.269. The maximum absolute atomic E-state index is 14.5. The number of hydrogen-bond acceptors (Lipinski definition) is 4. The number of nitrogens with zero attached hydrogens (tertiary/aromatic N) is 1. The van der Waals surface area contributed by atoms with Crippen LogP contribution in [0.1, 0.15) is 22.7 Å². The number of sulfonamides is 1. The highest BCUT2D eigenvalue weighted by molar-refractivity contribution is 7.90. The molecule has 0 radical (unpaired) electrons. The molecule has 3 aromatic carbocycles. The largest absolute Gasteiger partial charge is 0.431 e. The molecule has 3 aromatic rings. The smallest absolute Gasteiger partial charge is 0.356 e. The molecule has 0 unspecified atom stereocenters. The van der Waals surface area contributed by atoms with Gasteiger partial charge in [-0.2, -0.15) is 13.2 Å². The van der Waals surface area contributed by atoms with Crippen LogP contribution in [0.4, 0.5) is 13.2 Å². The zero-order valence-corrected chi connectivity index (χ0v) is 18.3. The van der Waals surface area contributed by atoms with Crippen LogP contribution in [-0.4, -0.2) is 31.9 Å². The minimum Gasteiger partial charge on any atom is -0.356 e. The van der Waals surface area contributed by atoms with E-state index in [9.17, 15) is 26.4 Å². The number of methoxy groups -OCH3 is 1. The van der Waals surface area contributed by atoms with E-state index in [0.717, 1.165) is 19.2 Å². The van der Waals surface area contributed by atoms with Crippen molar-refractivity contribution in [1.29, 1.82) is 0 Å². The van der Waals surface area contributed by atoms with Gasteiger partial charge in [-0.25, -0.2) is 12.7 Å². The van der Waals surface area contributed by atoms with Gasteiger partial charge >= 0.3 is 6.18 Å². The number of alkyl halides is 3. The standard InChI is InChI=1S/C24H20F3NO4S/c1-32-23(24(25,26)27,18-12-6-3-7-13-18)22(29)28-20(16-17-10-4-2-5-11-17)19-14-8-9-15-21(19)33(28,30)31/h2-15,20H,16H2,1H3/t20-,23+/m0/s1. The van der Waals surface area contributed by atoms with E-state index in [1.807, 2.05) is 0 Å². The summed E-state index contributed by atoms with van der Waals surface area (Å²) in [5.74, 6) is -1.71. The molecule has 9 heteroatoms. The Labute approximate surface area is 189 Å². The van der Waals surface area contributed by atoms with Gasteiger partial charge in [0.1, 0.15) is 0 Å². The van der Waals surface area contributed by atoms with E-state index < -0.39 is 39.3 Å². The average Bonchev–Trinajstić information content (AvgIpc) is 3.01. The van der Waals surface area contributed by atoms with Gasteiger partial charge in [-0.3, -0.25) is 4.79 Å². The molecule has 1 aliphatic rings. The molecule has 0 aliphatic carbocycles. The number of halogens is 3. The van der Waals surface area contributed by atoms with Crippen LogP contribution in [0.25, 0.3) is 0 Å². The summed E-state index contributed by atoms with van der Waals surface area (Å²) in [6.07, 6.45) is -5.23. The number of benzene rings is 3. The fraction of sp³-hybridized carbons (Fsp3) is 0.208. The SMILES string of the molecule is CO[C@@](C(=O)N1[C@@H](Cc2ccccc2)c2ccccc2S1(=O)=O)(c1ccccc1)C(F)(F)F. The van der Waals surface area contributed by atoms with Gasteiger partial charge in [-0.05, 0) is 23.6 Å². The topological polar surface area (TPSA) is 63.7 Å². The molecule has 0 saturated heterocycles. The third kappa shape index (κ3) is 3.61. The van der Waals surface area contributed by atoms with Crippen molar-refractivity contribution in [3.05, 3.63) is 102 Å². The average molecular weight is 475 g/mol. The molecule has 0 fully saturated rings. The van der Waals surface area contributed by atoms with Crippen LogP contribution in [0.5, 0.6) is 0 Å². The highest BCUT2D eigenvalue weighted by Crippen LogP contribution is 2.49. The number of amides is 1. The molecular weight excluding hydrogens is 455 g/mol. The Bertz CT molecular complexity index is 1260. The summed E-state index contributed by atoms with van der Waals surface area (Å²) in [5, 5.41) is 0. The van der Waals surface area contributed by atoms with Crippen molar-refractivity contribution in [1.82, 2.24) is 4.31 Å². The highest BCUT2D eigenvalue weighted by atomic mass is 32.2. The van der Waals surface area contributed by atoms with Crippen LogP contribution in [0.2, 0.25) is 0 Å². The fourth-order valence-electron chi connectivity index (χ4n) is 4.23. The third-order valence-corrected chi connectivity index (χ3v) is 7.62. The monoisotopic (exact) mass is 475 g/mol. The van der Waals surface area contributed by atoms with Crippen LogP contribution in [-0.2, 0) is 31.6 Å². The molecule has 2 atom stereocenters. The van der Waals surface area contributed by atoms with Gasteiger partial charge < -0.3 is 4.74 Å². The molecule has 1 aliphatic heterocycles. The van der Waals surface area contributed by atoms with E-state index in [2.05, 4.69) is 0 Å². The van der Waals surface area contributed by atoms with Crippen LogP contribution in [0.15, 0.2) is 89.8 Å². The van der Waals surface area contributed by atoms with Gasteiger partial charge in [0.2, 0.25) is 0 Å². The van der Waals surface area contributed by atoms with Crippen molar-refractivity contribution < 1.29 is 31.1 Å². The molecule has 0 N–H and O–H groups in total. The molecule has 0 aromatic heterocycles. The summed E-state index contributed by atoms with van der Waals surface area (Å²) in [4.78, 5) is 13.5. The zero-order chi connectivity index (χ0) is 23.9. The number of carbonyl (C=O) groups excluding carboxylic acids is 1. The maximum Gasteiger partial charge on any atom is 0.431 e. The predicted molar refractivity (Wildman–Crippen MR) is 115 cm³/mol. The summed E-state index contributed by atoms with van der Waals surface area (Å²) in [5.41, 5.74) is -3.08. The number of rotatable bonds is 5. The summed E-state index contributed by atoms with van der Waals surface area (Å²) in [6.45, 7) is 0. The fourth-order valence-corrected chi connectivity index (χ4v) is 6.06. The van der Waals surface area contributed by atoms with Gasteiger partial charge in [-0.15, -0.1) is 0 Å². The minimum absolute atomic E-state index is 0.00919. The first-order chi connectivity index (χ1) is 15.6. The van der Waals surface area contributed by atoms with Crippen molar-refractivity contribution in [2.45, 2.75) is 29.1 Å². The molecule has 1 heterocycles. The van der Waals surface area contributed by atoms with Crippen molar-refractivity contribution >= 4 is 15.9 Å². The second-order valence-corrected chi connectivity index (χ2v) is 9.38. The van der Waals surface area contributed by atoms with Crippen LogP contribution in [0, 0.1) is 0 Å². The van der Waals surface area contributed by atoms with Crippen LogP contribution < -0.4 is 0 Å². The molecule has 33 heavy (non-hydrogen) atoms. The summed E-state index contributed by atoms with van der Waals surface area (Å²) < 4.78 is 75.7.